The molecule has 16 nitrogen and oxygen atoms in total. The lowest BCUT2D eigenvalue weighted by atomic mass is 10.1. The third-order valence-electron chi connectivity index (χ3n) is 12.2. The molecule has 8 rings (SSSR count). The lowest BCUT2D eigenvalue weighted by molar-refractivity contribution is -0.132. The van der Waals surface area contributed by atoms with Crippen molar-refractivity contribution in [1.29, 1.82) is 0 Å². The van der Waals surface area contributed by atoms with Gasteiger partial charge in [0, 0.05) is 116 Å². The Morgan fingerprint density at radius 1 is 0.446 bits per heavy atom. The highest BCUT2D eigenvalue weighted by atomic mass is 16.5. The molecule has 396 valence electrons. The number of aromatic amines is 4. The van der Waals surface area contributed by atoms with E-state index in [1.165, 1.54) is 44.4 Å². The molecule has 4 heterocycles. The highest BCUT2D eigenvalue weighted by Gasteiger charge is 2.15. The van der Waals surface area contributed by atoms with Crippen molar-refractivity contribution in [2.45, 2.75) is 73.6 Å². The molecule has 0 spiro atoms. The standard InChI is InChI=1S/C16H22N2O2.C15H20N2O2.C14H18N2O2.C13H16N2O2/c1-4-9-18(3)10-8-13-11-17-14-6-5-7-15(16(13)14)20-12(2)19;1-4-17(3)9-8-12-10-16-13-6-5-7-14(15(12)13)19-11(2)18;1-10(17)18-13-6-4-5-12-14(13)11(9-15-12)7-8-16(2)3;1-9(16)17-12-5-3-4-11-13(12)10(8-15-11)6-7-14-2/h5-7,11,17H,4,8-10H2,1-3H3;5-7,10,16H,4,8-9H2,1-3H3;4-6,9,15H,7-8H2,1-3H3;3-5,8,14-15H,6-7H2,1-2H3. The molecule has 0 atom stereocenters. The normalized spacial score (nSPS) is 11.1. The van der Waals surface area contributed by atoms with Crippen molar-refractivity contribution in [1.82, 2.24) is 40.0 Å². The second-order valence-corrected chi connectivity index (χ2v) is 18.5. The second-order valence-electron chi connectivity index (χ2n) is 18.5. The molecule has 0 radical (unpaired) electrons. The van der Waals surface area contributed by atoms with Gasteiger partial charge in [-0.25, -0.2) is 0 Å². The van der Waals surface area contributed by atoms with Crippen LogP contribution in [-0.2, 0) is 44.9 Å². The zero-order valence-corrected chi connectivity index (χ0v) is 45.1. The van der Waals surface area contributed by atoms with Crippen LogP contribution in [0.2, 0.25) is 0 Å². The minimum absolute atomic E-state index is 0.284. The molecule has 0 saturated heterocycles. The molecule has 0 unspecified atom stereocenters. The number of H-pyrrole nitrogens is 4. The van der Waals surface area contributed by atoms with Gasteiger partial charge in [0.2, 0.25) is 0 Å². The lowest BCUT2D eigenvalue weighted by Gasteiger charge is -2.15. The number of ether oxygens (including phenoxy) is 4. The molecule has 0 aliphatic rings. The van der Waals surface area contributed by atoms with Crippen LogP contribution in [0.3, 0.4) is 0 Å². The first-order chi connectivity index (χ1) is 35.5. The Morgan fingerprint density at radius 3 is 1.04 bits per heavy atom. The minimum atomic E-state index is -0.293. The Hall–Kier alpha value is -7.24. The number of hydrogen-bond donors (Lipinski definition) is 5. The van der Waals surface area contributed by atoms with Gasteiger partial charge in [0.05, 0.1) is 0 Å². The second kappa shape index (κ2) is 28.9. The van der Waals surface area contributed by atoms with Gasteiger partial charge in [0.25, 0.3) is 0 Å². The van der Waals surface area contributed by atoms with Gasteiger partial charge < -0.3 is 58.9 Å². The average molecular weight is 1010 g/mol. The highest BCUT2D eigenvalue weighted by molar-refractivity contribution is 5.94. The van der Waals surface area contributed by atoms with Crippen molar-refractivity contribution in [2.75, 3.05) is 74.5 Å². The number of aromatic nitrogens is 4. The maximum atomic E-state index is 11.2. The molecular weight excluding hydrogens is 937 g/mol. The van der Waals surface area contributed by atoms with E-state index in [-0.39, 0.29) is 23.9 Å². The van der Waals surface area contributed by atoms with Crippen LogP contribution in [0.1, 0.15) is 70.2 Å². The van der Waals surface area contributed by atoms with Crippen molar-refractivity contribution >= 4 is 67.5 Å². The summed E-state index contributed by atoms with van der Waals surface area (Å²) in [4.78, 5) is 64.1. The van der Waals surface area contributed by atoms with Crippen LogP contribution >= 0.6 is 0 Å². The van der Waals surface area contributed by atoms with Crippen LogP contribution in [0.4, 0.5) is 0 Å². The third kappa shape index (κ3) is 16.9. The van der Waals surface area contributed by atoms with Gasteiger partial charge in [0.1, 0.15) is 23.0 Å². The fourth-order valence-corrected chi connectivity index (χ4v) is 8.50. The van der Waals surface area contributed by atoms with E-state index in [1.54, 1.807) is 0 Å². The van der Waals surface area contributed by atoms with E-state index < -0.39 is 0 Å². The molecule has 0 amide bonds. The molecule has 0 aliphatic heterocycles. The van der Waals surface area contributed by atoms with E-state index in [0.717, 1.165) is 121 Å². The SMILES string of the molecule is CC(=O)Oc1cccc2[nH]cc(CCN(C)C)c12.CCCN(C)CCc1c[nH]c2cccc(OC(C)=O)c12.CCN(C)CCc1c[nH]c2cccc(OC(C)=O)c12.CNCCc1c[nH]c2cccc(OC(C)=O)c12. The first-order valence-corrected chi connectivity index (χ1v) is 25.3. The fraction of sp³-hybridized carbons (Fsp3) is 0.379. The van der Waals surface area contributed by atoms with Crippen molar-refractivity contribution in [3.8, 4) is 23.0 Å². The first kappa shape index (κ1) is 57.7. The Morgan fingerprint density at radius 2 is 0.757 bits per heavy atom. The van der Waals surface area contributed by atoms with E-state index >= 15 is 0 Å². The number of likely N-dealkylation sites (N-methyl/N-ethyl adjacent to an activating group) is 4. The Labute approximate surface area is 435 Å². The van der Waals surface area contributed by atoms with Crippen LogP contribution in [0, 0.1) is 0 Å². The zero-order valence-electron chi connectivity index (χ0n) is 45.1. The van der Waals surface area contributed by atoms with Gasteiger partial charge in [-0.2, -0.15) is 0 Å². The lowest BCUT2D eigenvalue weighted by Crippen LogP contribution is -2.21. The molecule has 0 fully saturated rings. The summed E-state index contributed by atoms with van der Waals surface area (Å²) in [6, 6.07) is 22.8. The van der Waals surface area contributed by atoms with Crippen molar-refractivity contribution < 1.29 is 38.1 Å². The summed E-state index contributed by atoms with van der Waals surface area (Å²) in [6.07, 6.45) is 12.8. The maximum absolute atomic E-state index is 11.2. The predicted molar refractivity (Wildman–Crippen MR) is 297 cm³/mol. The Kier molecular flexibility index (Phi) is 22.5. The van der Waals surface area contributed by atoms with Gasteiger partial charge in [-0.05, 0) is 158 Å². The Bertz CT molecular complexity index is 3070. The van der Waals surface area contributed by atoms with E-state index in [2.05, 4.69) is 67.9 Å². The quantitative estimate of drug-likeness (QED) is 0.0382. The van der Waals surface area contributed by atoms with Gasteiger partial charge in [-0.3, -0.25) is 19.2 Å². The molecule has 0 aliphatic carbocycles. The van der Waals surface area contributed by atoms with Gasteiger partial charge in [-0.15, -0.1) is 0 Å². The molecular formula is C58H76N8O8. The summed E-state index contributed by atoms with van der Waals surface area (Å²) in [5.41, 5.74) is 8.73. The van der Waals surface area contributed by atoms with Gasteiger partial charge >= 0.3 is 23.9 Å². The van der Waals surface area contributed by atoms with Crippen molar-refractivity contribution in [2.24, 2.45) is 0 Å². The molecule has 74 heavy (non-hydrogen) atoms. The number of rotatable bonds is 19. The topological polar surface area (TPSA) is 190 Å². The smallest absolute Gasteiger partial charge is 0.308 e. The minimum Gasteiger partial charge on any atom is -0.426 e. The number of nitrogens with zero attached hydrogens (tertiary/aromatic N) is 3. The van der Waals surface area contributed by atoms with Crippen LogP contribution in [0.15, 0.2) is 97.6 Å². The summed E-state index contributed by atoms with van der Waals surface area (Å²) >= 11 is 0. The molecule has 4 aromatic carbocycles. The van der Waals surface area contributed by atoms with Crippen LogP contribution < -0.4 is 24.3 Å². The van der Waals surface area contributed by atoms with Crippen LogP contribution in [0.5, 0.6) is 23.0 Å². The maximum Gasteiger partial charge on any atom is 0.308 e. The van der Waals surface area contributed by atoms with Crippen molar-refractivity contribution in [3.05, 3.63) is 120 Å². The molecule has 0 saturated carbocycles. The first-order valence-electron chi connectivity index (χ1n) is 25.3. The van der Waals surface area contributed by atoms with Crippen LogP contribution in [-0.4, -0.2) is 133 Å². The van der Waals surface area contributed by atoms with Gasteiger partial charge in [-0.1, -0.05) is 38.1 Å². The monoisotopic (exact) mass is 1010 g/mol. The highest BCUT2D eigenvalue weighted by Crippen LogP contribution is 2.32. The average Bonchev–Trinajstić information content (AvgIpc) is 4.18. The number of fused-ring (bicyclic) bond motifs is 4. The Balaban J connectivity index is 0.000000183. The zero-order chi connectivity index (χ0) is 53.7. The molecule has 4 aromatic heterocycles. The summed E-state index contributed by atoms with van der Waals surface area (Å²) in [7, 11) is 10.2. The number of esters is 4. The number of benzene rings is 4. The van der Waals surface area contributed by atoms with E-state index in [4.69, 9.17) is 18.9 Å². The number of nitrogens with one attached hydrogen (secondary N) is 5. The van der Waals surface area contributed by atoms with Gasteiger partial charge in [0.15, 0.2) is 0 Å². The van der Waals surface area contributed by atoms with Crippen LogP contribution in [0.25, 0.3) is 43.6 Å². The molecule has 5 N–H and O–H groups in total. The molecule has 0 bridgehead atoms. The largest absolute Gasteiger partial charge is 0.426 e. The van der Waals surface area contributed by atoms with E-state index in [1.807, 2.05) is 119 Å². The number of hydrogen-bond acceptors (Lipinski definition) is 12. The van der Waals surface area contributed by atoms with Crippen molar-refractivity contribution in [3.63, 3.8) is 0 Å². The fourth-order valence-electron chi connectivity index (χ4n) is 8.50. The summed E-state index contributed by atoms with van der Waals surface area (Å²) in [5.74, 6) is 1.39. The molecule has 16 heteroatoms. The number of carbonyl (C=O) groups is 4. The summed E-state index contributed by atoms with van der Waals surface area (Å²) in [6.45, 7) is 16.0. The number of carbonyl (C=O) groups excluding carboxylic acids is 4. The predicted octanol–water partition coefficient (Wildman–Crippen LogP) is 9.62. The van der Waals surface area contributed by atoms with E-state index in [0.29, 0.717) is 23.0 Å². The summed E-state index contributed by atoms with van der Waals surface area (Å²) in [5, 5.41) is 7.15. The molecule has 8 aromatic rings. The van der Waals surface area contributed by atoms with E-state index in [9.17, 15) is 19.2 Å². The summed E-state index contributed by atoms with van der Waals surface area (Å²) < 4.78 is 21.1. The third-order valence-corrected chi connectivity index (χ3v) is 12.2.